The summed E-state index contributed by atoms with van der Waals surface area (Å²) in [7, 11) is 0. The first-order valence-corrected chi connectivity index (χ1v) is 6.62. The number of hydrogen-bond acceptors (Lipinski definition) is 8. The van der Waals surface area contributed by atoms with E-state index in [0.717, 1.165) is 6.07 Å². The van der Waals surface area contributed by atoms with Crippen LogP contribution in [0.5, 0.6) is 23.0 Å². The second-order valence-corrected chi connectivity index (χ2v) is 5.23. The van der Waals surface area contributed by atoms with Crippen LogP contribution in [-0.4, -0.2) is 32.3 Å². The smallest absolute Gasteiger partial charge is 0.201 e. The SMILES string of the molecule is Nc1cc(C2Oc3cc(O)cc(N)c3C(=O)C2O)cc(O)c1O. The predicted molar refractivity (Wildman–Crippen MR) is 80.4 cm³/mol. The molecule has 1 aliphatic rings. The molecule has 0 spiro atoms. The molecule has 2 unspecified atom stereocenters. The maximum absolute atomic E-state index is 12.3. The van der Waals surface area contributed by atoms with E-state index < -0.39 is 29.5 Å². The third-order valence-corrected chi connectivity index (χ3v) is 3.64. The van der Waals surface area contributed by atoms with E-state index in [0.29, 0.717) is 0 Å². The molecule has 0 amide bonds. The summed E-state index contributed by atoms with van der Waals surface area (Å²) in [5.41, 5.74) is 11.2. The van der Waals surface area contributed by atoms with Crippen molar-refractivity contribution in [2.24, 2.45) is 0 Å². The number of phenols is 3. The fraction of sp³-hybridized carbons (Fsp3) is 0.133. The highest BCUT2D eigenvalue weighted by Crippen LogP contribution is 2.42. The maximum atomic E-state index is 12.3. The van der Waals surface area contributed by atoms with Crippen molar-refractivity contribution in [3.05, 3.63) is 35.4 Å². The van der Waals surface area contributed by atoms with Gasteiger partial charge in [0.05, 0.1) is 11.3 Å². The van der Waals surface area contributed by atoms with Crippen LogP contribution in [0.4, 0.5) is 11.4 Å². The van der Waals surface area contributed by atoms with Gasteiger partial charge in [-0.25, -0.2) is 0 Å². The summed E-state index contributed by atoms with van der Waals surface area (Å²) in [6.07, 6.45) is -2.76. The summed E-state index contributed by atoms with van der Waals surface area (Å²) in [4.78, 5) is 12.3. The van der Waals surface area contributed by atoms with Crippen LogP contribution in [0.15, 0.2) is 24.3 Å². The van der Waals surface area contributed by atoms with Crippen molar-refractivity contribution in [3.63, 3.8) is 0 Å². The molecule has 0 aliphatic carbocycles. The van der Waals surface area contributed by atoms with Crippen molar-refractivity contribution >= 4 is 17.2 Å². The van der Waals surface area contributed by atoms with Crippen molar-refractivity contribution in [3.8, 4) is 23.0 Å². The Morgan fingerprint density at radius 1 is 1.00 bits per heavy atom. The number of ether oxygens (including phenoxy) is 1. The molecule has 0 bridgehead atoms. The van der Waals surface area contributed by atoms with Crippen molar-refractivity contribution in [1.82, 2.24) is 0 Å². The Labute approximate surface area is 130 Å². The first kappa shape index (κ1) is 14.8. The number of aliphatic hydroxyl groups is 1. The fourth-order valence-electron chi connectivity index (χ4n) is 2.54. The van der Waals surface area contributed by atoms with Crippen LogP contribution in [-0.2, 0) is 0 Å². The molecule has 0 fully saturated rings. The van der Waals surface area contributed by atoms with Crippen LogP contribution in [0.1, 0.15) is 22.0 Å². The van der Waals surface area contributed by atoms with Gasteiger partial charge < -0.3 is 36.6 Å². The average Bonchev–Trinajstić information content (AvgIpc) is 2.47. The summed E-state index contributed by atoms with van der Waals surface area (Å²) in [5.74, 6) is -1.89. The van der Waals surface area contributed by atoms with Crippen molar-refractivity contribution < 1.29 is 30.0 Å². The van der Waals surface area contributed by atoms with E-state index in [9.17, 15) is 25.2 Å². The lowest BCUT2D eigenvalue weighted by Gasteiger charge is -2.30. The number of rotatable bonds is 1. The molecule has 2 aromatic rings. The van der Waals surface area contributed by atoms with E-state index >= 15 is 0 Å². The number of nitrogens with two attached hydrogens (primary N) is 2. The molecule has 8 heteroatoms. The molecule has 0 saturated heterocycles. The minimum Gasteiger partial charge on any atom is -0.508 e. The van der Waals surface area contributed by atoms with Gasteiger partial charge in [-0.3, -0.25) is 4.79 Å². The Hall–Kier alpha value is -3.13. The highest BCUT2D eigenvalue weighted by Gasteiger charge is 2.39. The van der Waals surface area contributed by atoms with Crippen molar-refractivity contribution in [1.29, 1.82) is 0 Å². The van der Waals surface area contributed by atoms with Gasteiger partial charge in [0.25, 0.3) is 0 Å². The second kappa shape index (κ2) is 4.96. The van der Waals surface area contributed by atoms with Gasteiger partial charge in [0.2, 0.25) is 5.78 Å². The lowest BCUT2D eigenvalue weighted by atomic mass is 9.92. The Kier molecular flexibility index (Phi) is 3.19. The van der Waals surface area contributed by atoms with Crippen LogP contribution in [0.3, 0.4) is 0 Å². The Morgan fingerprint density at radius 3 is 2.35 bits per heavy atom. The number of ketones is 1. The highest BCUT2D eigenvalue weighted by atomic mass is 16.5. The van der Waals surface area contributed by atoms with Gasteiger partial charge in [0, 0.05) is 23.4 Å². The number of nitrogen functional groups attached to an aromatic ring is 2. The monoisotopic (exact) mass is 318 g/mol. The fourth-order valence-corrected chi connectivity index (χ4v) is 2.54. The number of anilines is 2. The number of carbonyl (C=O) groups excluding carboxylic acids is 1. The quantitative estimate of drug-likeness (QED) is 0.330. The van der Waals surface area contributed by atoms with Crippen LogP contribution >= 0.6 is 0 Å². The van der Waals surface area contributed by atoms with Gasteiger partial charge in [0.1, 0.15) is 11.5 Å². The predicted octanol–water partition coefficient (Wildman–Crippen LogP) is 0.645. The summed E-state index contributed by atoms with van der Waals surface area (Å²) < 4.78 is 5.55. The first-order chi connectivity index (χ1) is 10.8. The number of phenolic OH excluding ortho intramolecular Hbond substituents is 3. The van der Waals surface area contributed by atoms with E-state index in [1.165, 1.54) is 18.2 Å². The topological polar surface area (TPSA) is 159 Å². The van der Waals surface area contributed by atoms with Gasteiger partial charge in [-0.2, -0.15) is 0 Å². The number of aromatic hydroxyl groups is 3. The summed E-state index contributed by atoms with van der Waals surface area (Å²) in [6.45, 7) is 0. The molecule has 1 heterocycles. The van der Waals surface area contributed by atoms with Crippen LogP contribution in [0.25, 0.3) is 0 Å². The number of hydrogen-bond donors (Lipinski definition) is 6. The summed E-state index contributed by atoms with van der Waals surface area (Å²) >= 11 is 0. The molecule has 8 N–H and O–H groups in total. The Morgan fingerprint density at radius 2 is 1.70 bits per heavy atom. The average molecular weight is 318 g/mol. The molecule has 0 saturated carbocycles. The molecule has 120 valence electrons. The molecule has 8 nitrogen and oxygen atoms in total. The summed E-state index contributed by atoms with van der Waals surface area (Å²) in [5, 5.41) is 38.9. The van der Waals surface area contributed by atoms with Gasteiger partial charge in [-0.05, 0) is 12.1 Å². The lowest BCUT2D eigenvalue weighted by molar-refractivity contribution is 0.0217. The van der Waals surface area contributed by atoms with E-state index in [4.69, 9.17) is 16.2 Å². The molecule has 3 rings (SSSR count). The lowest BCUT2D eigenvalue weighted by Crippen LogP contribution is -2.36. The third kappa shape index (κ3) is 2.25. The number of fused-ring (bicyclic) bond motifs is 1. The second-order valence-electron chi connectivity index (χ2n) is 5.23. The number of Topliss-reactive ketones (excluding diaryl/α,β-unsaturated/α-hetero) is 1. The molecule has 23 heavy (non-hydrogen) atoms. The molecule has 0 radical (unpaired) electrons. The molecule has 2 atom stereocenters. The standard InChI is InChI=1S/C15H14N2O6/c16-7-3-6(18)4-10-11(7)13(21)14(22)15(23-10)5-1-8(17)12(20)9(19)2-5/h1-4,14-15,18-20,22H,16-17H2. The minimum atomic E-state index is -1.59. The van der Waals surface area contributed by atoms with Crippen molar-refractivity contribution in [2.75, 3.05) is 11.5 Å². The van der Waals surface area contributed by atoms with Crippen LogP contribution < -0.4 is 16.2 Å². The van der Waals surface area contributed by atoms with Gasteiger partial charge in [-0.1, -0.05) is 0 Å². The zero-order valence-corrected chi connectivity index (χ0v) is 11.7. The first-order valence-electron chi connectivity index (χ1n) is 6.62. The summed E-state index contributed by atoms with van der Waals surface area (Å²) in [6, 6.07) is 4.78. The minimum absolute atomic E-state index is 0.00827. The highest BCUT2D eigenvalue weighted by molar-refractivity contribution is 6.07. The van der Waals surface area contributed by atoms with Gasteiger partial charge >= 0.3 is 0 Å². The zero-order valence-electron chi connectivity index (χ0n) is 11.7. The van der Waals surface area contributed by atoms with Crippen LogP contribution in [0.2, 0.25) is 0 Å². The van der Waals surface area contributed by atoms with Crippen molar-refractivity contribution in [2.45, 2.75) is 12.2 Å². The normalized spacial score (nSPS) is 20.0. The van der Waals surface area contributed by atoms with E-state index in [1.807, 2.05) is 0 Å². The number of benzene rings is 2. The van der Waals surface area contributed by atoms with E-state index in [2.05, 4.69) is 0 Å². The number of carbonyl (C=O) groups is 1. The molecule has 1 aliphatic heterocycles. The molecule has 0 aromatic heterocycles. The molecular formula is C15H14N2O6. The largest absolute Gasteiger partial charge is 0.508 e. The molecule has 2 aromatic carbocycles. The maximum Gasteiger partial charge on any atom is 0.201 e. The molecular weight excluding hydrogens is 304 g/mol. The van der Waals surface area contributed by atoms with E-state index in [1.54, 1.807) is 0 Å². The van der Waals surface area contributed by atoms with Gasteiger partial charge in [0.15, 0.2) is 23.7 Å². The Bertz CT molecular complexity index is 797. The number of aliphatic hydroxyl groups excluding tert-OH is 1. The zero-order chi connectivity index (χ0) is 16.9. The van der Waals surface area contributed by atoms with E-state index in [-0.39, 0.29) is 34.0 Å². The Balaban J connectivity index is 2.11. The third-order valence-electron chi connectivity index (χ3n) is 3.64. The van der Waals surface area contributed by atoms with Crippen LogP contribution in [0, 0.1) is 0 Å². The van der Waals surface area contributed by atoms with Gasteiger partial charge in [-0.15, -0.1) is 0 Å².